The van der Waals surface area contributed by atoms with Crippen LogP contribution in [0.15, 0.2) is 18.2 Å². The lowest BCUT2D eigenvalue weighted by Gasteiger charge is -2.38. The van der Waals surface area contributed by atoms with Gasteiger partial charge in [-0.25, -0.2) is 9.37 Å². The number of aromatic nitrogens is 2. The molecule has 1 fully saturated rings. The van der Waals surface area contributed by atoms with Gasteiger partial charge in [-0.1, -0.05) is 0 Å². The number of ether oxygens (including phenoxy) is 1. The molecule has 5 nitrogen and oxygen atoms in total. The van der Waals surface area contributed by atoms with Crippen molar-refractivity contribution < 1.29 is 9.13 Å². The van der Waals surface area contributed by atoms with Crippen molar-refractivity contribution in [2.24, 2.45) is 5.73 Å². The minimum atomic E-state index is -0.263. The van der Waals surface area contributed by atoms with Crippen molar-refractivity contribution in [3.8, 4) is 0 Å². The number of hydrogen-bond donors (Lipinski definition) is 2. The predicted octanol–water partition coefficient (Wildman–Crippen LogP) is 1.64. The van der Waals surface area contributed by atoms with Crippen LogP contribution in [0.4, 0.5) is 10.3 Å². The number of nitrogens with two attached hydrogens (primary N) is 1. The van der Waals surface area contributed by atoms with Crippen LogP contribution in [0.25, 0.3) is 11.0 Å². The number of hydrogen-bond acceptors (Lipinski definition) is 4. The summed E-state index contributed by atoms with van der Waals surface area (Å²) < 4.78 is 18.6. The summed E-state index contributed by atoms with van der Waals surface area (Å²) in [5, 5.41) is 0. The Balaban J connectivity index is 1.89. The van der Waals surface area contributed by atoms with E-state index in [0.29, 0.717) is 12.1 Å². The third-order valence-corrected chi connectivity index (χ3v) is 3.98. The fourth-order valence-corrected chi connectivity index (χ4v) is 2.83. The van der Waals surface area contributed by atoms with Crippen LogP contribution < -0.4 is 10.6 Å². The molecule has 2 aromatic rings. The molecule has 3 rings (SSSR count). The van der Waals surface area contributed by atoms with E-state index in [1.165, 1.54) is 12.1 Å². The zero-order valence-electron chi connectivity index (χ0n) is 11.5. The number of nitrogens with one attached hydrogen (secondary N) is 1. The van der Waals surface area contributed by atoms with Gasteiger partial charge < -0.3 is 20.4 Å². The minimum Gasteiger partial charge on any atom is -0.381 e. The Hall–Kier alpha value is -1.66. The quantitative estimate of drug-likeness (QED) is 0.895. The fraction of sp³-hybridized carbons (Fsp3) is 0.500. The zero-order chi connectivity index (χ0) is 14.1. The molecule has 1 aromatic carbocycles. The van der Waals surface area contributed by atoms with Gasteiger partial charge in [0.05, 0.1) is 17.1 Å². The number of H-pyrrole nitrogens is 1. The maximum atomic E-state index is 13.2. The molecule has 1 aliphatic rings. The maximum absolute atomic E-state index is 13.2. The Kier molecular flexibility index (Phi) is 3.58. The highest BCUT2D eigenvalue weighted by Crippen LogP contribution is 2.26. The van der Waals surface area contributed by atoms with Crippen molar-refractivity contribution in [1.29, 1.82) is 0 Å². The van der Waals surface area contributed by atoms with Crippen LogP contribution in [0.2, 0.25) is 0 Å². The molecule has 108 valence electrons. The molecule has 2 atom stereocenters. The normalized spacial score (nSPS) is 23.4. The van der Waals surface area contributed by atoms with Crippen LogP contribution >= 0.6 is 0 Å². The Bertz CT molecular complexity index is 600. The number of nitrogens with zero attached hydrogens (tertiary/aromatic N) is 2. The summed E-state index contributed by atoms with van der Waals surface area (Å²) in [5.74, 6) is 0.497. The average molecular weight is 278 g/mol. The van der Waals surface area contributed by atoms with Gasteiger partial charge in [-0.05, 0) is 31.0 Å². The summed E-state index contributed by atoms with van der Waals surface area (Å²) in [4.78, 5) is 9.88. The summed E-state index contributed by atoms with van der Waals surface area (Å²) in [6, 6.07) is 4.76. The molecule has 2 unspecified atom stereocenters. The highest BCUT2D eigenvalue weighted by molar-refractivity contribution is 5.77. The molecule has 2 heterocycles. The molecule has 0 saturated carbocycles. The van der Waals surface area contributed by atoms with Crippen LogP contribution in [0.1, 0.15) is 12.8 Å². The first kappa shape index (κ1) is 13.3. The van der Waals surface area contributed by atoms with Gasteiger partial charge in [0.1, 0.15) is 5.82 Å². The van der Waals surface area contributed by atoms with Crippen molar-refractivity contribution in [3.63, 3.8) is 0 Å². The number of rotatable bonds is 3. The molecular weight excluding hydrogens is 259 g/mol. The summed E-state index contributed by atoms with van der Waals surface area (Å²) in [6.07, 6.45) is 2.08. The van der Waals surface area contributed by atoms with Gasteiger partial charge in [0.2, 0.25) is 5.95 Å². The van der Waals surface area contributed by atoms with E-state index < -0.39 is 0 Å². The van der Waals surface area contributed by atoms with E-state index >= 15 is 0 Å². The second-order valence-corrected chi connectivity index (χ2v) is 5.19. The average Bonchev–Trinajstić information content (AvgIpc) is 2.89. The van der Waals surface area contributed by atoms with Crippen LogP contribution in [0, 0.1) is 5.82 Å². The molecule has 0 spiro atoms. The summed E-state index contributed by atoms with van der Waals surface area (Å²) in [5.41, 5.74) is 7.35. The van der Waals surface area contributed by atoms with E-state index in [2.05, 4.69) is 14.9 Å². The highest BCUT2D eigenvalue weighted by atomic mass is 19.1. The number of aromatic amines is 1. The molecular formula is C14H19FN4O. The number of benzene rings is 1. The molecule has 1 aliphatic heterocycles. The second-order valence-electron chi connectivity index (χ2n) is 5.19. The van der Waals surface area contributed by atoms with Gasteiger partial charge in [-0.15, -0.1) is 0 Å². The monoisotopic (exact) mass is 278 g/mol. The van der Waals surface area contributed by atoms with Gasteiger partial charge >= 0.3 is 0 Å². The largest absolute Gasteiger partial charge is 0.381 e. The Morgan fingerprint density at radius 1 is 1.55 bits per heavy atom. The third-order valence-electron chi connectivity index (χ3n) is 3.98. The minimum absolute atomic E-state index is 0.194. The standard InChI is InChI=1S/C14H19FN4O/c1-20-11-4-5-19(10(7-11)8-16)14-17-12-3-2-9(15)6-13(12)18-14/h2-3,6,10-11H,4-5,7-8,16H2,1H3,(H,17,18). The van der Waals surface area contributed by atoms with E-state index in [0.717, 1.165) is 30.9 Å². The van der Waals surface area contributed by atoms with Gasteiger partial charge in [0.25, 0.3) is 0 Å². The summed E-state index contributed by atoms with van der Waals surface area (Å²) in [7, 11) is 1.73. The first-order valence-electron chi connectivity index (χ1n) is 6.86. The van der Waals surface area contributed by atoms with Gasteiger partial charge in [0.15, 0.2) is 0 Å². The number of imidazole rings is 1. The zero-order valence-corrected chi connectivity index (χ0v) is 11.5. The van der Waals surface area contributed by atoms with Crippen molar-refractivity contribution in [1.82, 2.24) is 9.97 Å². The van der Waals surface area contributed by atoms with Gasteiger partial charge in [0, 0.05) is 26.2 Å². The molecule has 0 bridgehead atoms. The molecule has 6 heteroatoms. The van der Waals surface area contributed by atoms with E-state index in [4.69, 9.17) is 10.5 Å². The van der Waals surface area contributed by atoms with E-state index in [-0.39, 0.29) is 18.0 Å². The lowest BCUT2D eigenvalue weighted by atomic mass is 10.00. The highest BCUT2D eigenvalue weighted by Gasteiger charge is 2.29. The summed E-state index contributed by atoms with van der Waals surface area (Å²) in [6.45, 7) is 1.38. The molecule has 1 aromatic heterocycles. The second kappa shape index (κ2) is 5.38. The molecule has 0 radical (unpaired) electrons. The van der Waals surface area contributed by atoms with Gasteiger partial charge in [-0.2, -0.15) is 0 Å². The SMILES string of the molecule is COC1CCN(c2nc3ccc(F)cc3[nH]2)C(CN)C1. The van der Waals surface area contributed by atoms with Crippen LogP contribution in [0.5, 0.6) is 0 Å². The maximum Gasteiger partial charge on any atom is 0.204 e. The molecule has 0 aliphatic carbocycles. The Labute approximate surface area is 116 Å². The van der Waals surface area contributed by atoms with E-state index in [9.17, 15) is 4.39 Å². The lowest BCUT2D eigenvalue weighted by Crippen LogP contribution is -2.49. The summed E-state index contributed by atoms with van der Waals surface area (Å²) >= 11 is 0. The number of halogens is 1. The number of methoxy groups -OCH3 is 1. The fourth-order valence-electron chi connectivity index (χ4n) is 2.83. The first-order valence-corrected chi connectivity index (χ1v) is 6.86. The van der Waals surface area contributed by atoms with E-state index in [1.807, 2.05) is 0 Å². The topological polar surface area (TPSA) is 67.2 Å². The molecule has 20 heavy (non-hydrogen) atoms. The van der Waals surface area contributed by atoms with Crippen molar-refractivity contribution in [2.45, 2.75) is 25.0 Å². The smallest absolute Gasteiger partial charge is 0.204 e. The van der Waals surface area contributed by atoms with Crippen molar-refractivity contribution in [2.75, 3.05) is 25.1 Å². The molecule has 3 N–H and O–H groups in total. The Morgan fingerprint density at radius 3 is 3.15 bits per heavy atom. The number of anilines is 1. The van der Waals surface area contributed by atoms with Crippen LogP contribution in [-0.2, 0) is 4.74 Å². The lowest BCUT2D eigenvalue weighted by molar-refractivity contribution is 0.0706. The van der Waals surface area contributed by atoms with Crippen molar-refractivity contribution >= 4 is 17.0 Å². The molecule has 1 saturated heterocycles. The van der Waals surface area contributed by atoms with Crippen LogP contribution in [-0.4, -0.2) is 42.3 Å². The van der Waals surface area contributed by atoms with Gasteiger partial charge in [-0.3, -0.25) is 0 Å². The van der Waals surface area contributed by atoms with Crippen molar-refractivity contribution in [3.05, 3.63) is 24.0 Å². The molecule has 0 amide bonds. The van der Waals surface area contributed by atoms with Crippen LogP contribution in [0.3, 0.4) is 0 Å². The third kappa shape index (κ3) is 2.36. The first-order chi connectivity index (χ1) is 9.71. The number of piperidine rings is 1. The Morgan fingerprint density at radius 2 is 2.40 bits per heavy atom. The van der Waals surface area contributed by atoms with E-state index in [1.54, 1.807) is 13.2 Å². The number of fused-ring (bicyclic) bond motifs is 1. The predicted molar refractivity (Wildman–Crippen MR) is 76.3 cm³/mol.